The number of aromatic nitrogens is 3. The Kier molecular flexibility index (Phi) is 8.83. The topological polar surface area (TPSA) is 76.4 Å². The summed E-state index contributed by atoms with van der Waals surface area (Å²) in [7, 11) is 1.67. The zero-order chi connectivity index (χ0) is 17.5. The van der Waals surface area contributed by atoms with Crippen LogP contribution in [0.4, 0.5) is 0 Å². The minimum absolute atomic E-state index is 0. The molecular formula is C18H31IN6O. The number of hydrogen-bond donors (Lipinski definition) is 2. The molecule has 7 nitrogen and oxygen atoms in total. The van der Waals surface area contributed by atoms with Gasteiger partial charge in [0.2, 0.25) is 0 Å². The second-order valence-electron chi connectivity index (χ2n) is 6.70. The molecule has 0 amide bonds. The molecule has 1 aromatic heterocycles. The molecule has 8 heteroatoms. The predicted octanol–water partition coefficient (Wildman–Crippen LogP) is 2.41. The van der Waals surface area contributed by atoms with Crippen LogP contribution in [0.25, 0.3) is 0 Å². The van der Waals surface area contributed by atoms with Crippen LogP contribution in [-0.4, -0.2) is 47.0 Å². The number of methoxy groups -OCH3 is 1. The number of guanidine groups is 1. The van der Waals surface area contributed by atoms with Crippen molar-refractivity contribution in [2.24, 2.45) is 4.99 Å². The Morgan fingerprint density at radius 1 is 1.42 bits per heavy atom. The number of aliphatic imine (C=N–C) groups is 1. The van der Waals surface area contributed by atoms with E-state index in [-0.39, 0.29) is 24.0 Å². The summed E-state index contributed by atoms with van der Waals surface area (Å²) in [5.41, 5.74) is 1.56. The third-order valence-corrected chi connectivity index (χ3v) is 4.70. The number of allylic oxidation sites excluding steroid dienone is 1. The minimum atomic E-state index is 0. The van der Waals surface area contributed by atoms with E-state index >= 15 is 0 Å². The molecule has 2 aliphatic rings. The van der Waals surface area contributed by atoms with E-state index in [0.717, 1.165) is 56.5 Å². The fraction of sp³-hybridized carbons (Fsp3) is 0.722. The van der Waals surface area contributed by atoms with Crippen molar-refractivity contribution in [3.63, 3.8) is 0 Å². The normalized spacial score (nSPS) is 19.5. The fourth-order valence-corrected chi connectivity index (χ4v) is 3.46. The molecule has 1 aliphatic heterocycles. The van der Waals surface area contributed by atoms with Crippen LogP contribution >= 0.6 is 24.0 Å². The highest BCUT2D eigenvalue weighted by Gasteiger charge is 2.22. The number of rotatable bonds is 7. The van der Waals surface area contributed by atoms with Crippen LogP contribution in [-0.2, 0) is 24.3 Å². The van der Waals surface area contributed by atoms with Gasteiger partial charge >= 0.3 is 0 Å². The van der Waals surface area contributed by atoms with Gasteiger partial charge in [-0.1, -0.05) is 11.6 Å². The maximum atomic E-state index is 5.13. The Bertz CT molecular complexity index is 627. The van der Waals surface area contributed by atoms with E-state index < -0.39 is 0 Å². The van der Waals surface area contributed by atoms with Crippen molar-refractivity contribution >= 4 is 29.9 Å². The van der Waals surface area contributed by atoms with Crippen molar-refractivity contribution < 1.29 is 4.74 Å². The third kappa shape index (κ3) is 5.94. The van der Waals surface area contributed by atoms with Crippen LogP contribution in [0, 0.1) is 0 Å². The Labute approximate surface area is 173 Å². The summed E-state index contributed by atoms with van der Waals surface area (Å²) in [6, 6.07) is 0.327. The van der Waals surface area contributed by atoms with Gasteiger partial charge in [0.15, 0.2) is 11.8 Å². The molecule has 1 unspecified atom stereocenters. The van der Waals surface area contributed by atoms with E-state index in [1.165, 1.54) is 19.3 Å². The van der Waals surface area contributed by atoms with Crippen LogP contribution in [0.5, 0.6) is 0 Å². The lowest BCUT2D eigenvalue weighted by atomic mass is 10.1. The van der Waals surface area contributed by atoms with E-state index in [2.05, 4.69) is 33.7 Å². The summed E-state index contributed by atoms with van der Waals surface area (Å²) < 4.78 is 7.13. The summed E-state index contributed by atoms with van der Waals surface area (Å²) in [5.74, 6) is 2.73. The van der Waals surface area contributed by atoms with Crippen molar-refractivity contribution in [3.8, 4) is 0 Å². The molecule has 2 N–H and O–H groups in total. The molecule has 26 heavy (non-hydrogen) atoms. The predicted molar refractivity (Wildman–Crippen MR) is 114 cm³/mol. The van der Waals surface area contributed by atoms with E-state index in [4.69, 9.17) is 9.73 Å². The van der Waals surface area contributed by atoms with Gasteiger partial charge in [0.05, 0.1) is 6.54 Å². The minimum Gasteiger partial charge on any atom is -0.377 e. The number of nitrogens with zero attached hydrogens (tertiary/aromatic N) is 4. The lowest BCUT2D eigenvalue weighted by molar-refractivity contribution is 0.177. The zero-order valence-electron chi connectivity index (χ0n) is 15.8. The van der Waals surface area contributed by atoms with E-state index in [1.54, 1.807) is 12.7 Å². The van der Waals surface area contributed by atoms with Crippen LogP contribution in [0.2, 0.25) is 0 Å². The summed E-state index contributed by atoms with van der Waals surface area (Å²) in [6.45, 7) is 5.11. The van der Waals surface area contributed by atoms with Crippen molar-refractivity contribution in [1.29, 1.82) is 0 Å². The van der Waals surface area contributed by atoms with Gasteiger partial charge < -0.3 is 15.4 Å². The average Bonchev–Trinajstić information content (AvgIpc) is 3.24. The monoisotopic (exact) mass is 474 g/mol. The van der Waals surface area contributed by atoms with E-state index in [0.29, 0.717) is 12.6 Å². The van der Waals surface area contributed by atoms with Gasteiger partial charge in [-0.05, 0) is 39.0 Å². The SMILES string of the molecule is CCNC(=NCCC1=CCCC1)NC1CCc2nc(COC)nn2C1.I. The second kappa shape index (κ2) is 10.9. The van der Waals surface area contributed by atoms with E-state index in [9.17, 15) is 0 Å². The first-order valence-electron chi connectivity index (χ1n) is 9.42. The molecular weight excluding hydrogens is 443 g/mol. The Morgan fingerprint density at radius 2 is 2.31 bits per heavy atom. The quantitative estimate of drug-likeness (QED) is 0.275. The molecule has 0 saturated carbocycles. The highest BCUT2D eigenvalue weighted by atomic mass is 127. The summed E-state index contributed by atoms with van der Waals surface area (Å²) in [5, 5.41) is 11.5. The molecule has 3 rings (SSSR count). The third-order valence-electron chi connectivity index (χ3n) is 4.70. The van der Waals surface area contributed by atoms with Crippen molar-refractivity contribution in [2.45, 2.75) is 64.6 Å². The maximum Gasteiger partial charge on any atom is 0.191 e. The van der Waals surface area contributed by atoms with Gasteiger partial charge in [-0.25, -0.2) is 9.67 Å². The number of halogens is 1. The molecule has 0 spiro atoms. The largest absolute Gasteiger partial charge is 0.377 e. The molecule has 0 saturated heterocycles. The molecule has 146 valence electrons. The first kappa shape index (κ1) is 21.1. The number of ether oxygens (including phenoxy) is 1. The van der Waals surface area contributed by atoms with Crippen molar-refractivity contribution in [1.82, 2.24) is 25.4 Å². The lowest BCUT2D eigenvalue weighted by Crippen LogP contribution is -2.47. The summed E-state index contributed by atoms with van der Waals surface area (Å²) in [4.78, 5) is 9.28. The highest BCUT2D eigenvalue weighted by molar-refractivity contribution is 14.0. The first-order chi connectivity index (χ1) is 12.3. The van der Waals surface area contributed by atoms with Crippen LogP contribution < -0.4 is 10.6 Å². The lowest BCUT2D eigenvalue weighted by Gasteiger charge is -2.25. The van der Waals surface area contributed by atoms with Gasteiger partial charge in [0, 0.05) is 32.7 Å². The molecule has 1 atom stereocenters. The van der Waals surface area contributed by atoms with Crippen molar-refractivity contribution in [2.75, 3.05) is 20.2 Å². The zero-order valence-corrected chi connectivity index (χ0v) is 18.2. The molecule has 0 radical (unpaired) electrons. The smallest absolute Gasteiger partial charge is 0.191 e. The van der Waals surface area contributed by atoms with Crippen LogP contribution in [0.3, 0.4) is 0 Å². The Balaban J connectivity index is 0.00000243. The Morgan fingerprint density at radius 3 is 3.04 bits per heavy atom. The Hall–Kier alpha value is -1.16. The number of nitrogens with one attached hydrogen (secondary N) is 2. The van der Waals surface area contributed by atoms with Crippen LogP contribution in [0.15, 0.2) is 16.6 Å². The summed E-state index contributed by atoms with van der Waals surface area (Å²) >= 11 is 0. The number of aryl methyl sites for hydroxylation is 1. The van der Waals surface area contributed by atoms with Crippen LogP contribution in [0.1, 0.15) is 50.7 Å². The van der Waals surface area contributed by atoms with Gasteiger partial charge in [-0.15, -0.1) is 24.0 Å². The van der Waals surface area contributed by atoms with Crippen molar-refractivity contribution in [3.05, 3.63) is 23.3 Å². The average molecular weight is 474 g/mol. The number of fused-ring (bicyclic) bond motifs is 1. The first-order valence-corrected chi connectivity index (χ1v) is 9.42. The summed E-state index contributed by atoms with van der Waals surface area (Å²) in [6.07, 6.45) is 9.23. The van der Waals surface area contributed by atoms with Gasteiger partial charge in [-0.3, -0.25) is 4.99 Å². The molecule has 0 bridgehead atoms. The fourth-order valence-electron chi connectivity index (χ4n) is 3.46. The van der Waals surface area contributed by atoms with E-state index in [1.807, 2.05) is 4.68 Å². The maximum absolute atomic E-state index is 5.13. The standard InChI is InChI=1S/C18H30N6O.HI/c1-3-19-18(20-11-10-14-6-4-5-7-14)21-15-8-9-17-22-16(13-25-2)23-24(17)12-15;/h6,15H,3-5,7-13H2,1-2H3,(H2,19,20,21);1H. The van der Waals surface area contributed by atoms with Gasteiger partial charge in [0.1, 0.15) is 12.4 Å². The molecule has 0 fully saturated rings. The second-order valence-corrected chi connectivity index (χ2v) is 6.70. The molecule has 1 aromatic rings. The molecule has 0 aromatic carbocycles. The molecule has 2 heterocycles. The molecule has 1 aliphatic carbocycles. The van der Waals surface area contributed by atoms with Gasteiger partial charge in [-0.2, -0.15) is 5.10 Å². The highest BCUT2D eigenvalue weighted by Crippen LogP contribution is 2.20. The number of hydrogen-bond acceptors (Lipinski definition) is 4. The van der Waals surface area contributed by atoms with Gasteiger partial charge in [0.25, 0.3) is 0 Å².